The smallest absolute Gasteiger partial charge is 0.238 e. The number of anilines is 3. The lowest BCUT2D eigenvalue weighted by atomic mass is 9.70. The molecule has 3 aromatic rings. The summed E-state index contributed by atoms with van der Waals surface area (Å²) < 4.78 is 6.36. The summed E-state index contributed by atoms with van der Waals surface area (Å²) in [6.45, 7) is 4.72. The molecule has 3 aromatic carbocycles. The molecule has 6 rings (SSSR count). The fraction of sp³-hybridized carbons (Fsp3) is 0.333. The van der Waals surface area contributed by atoms with Crippen molar-refractivity contribution in [2.45, 2.75) is 52.1 Å². The van der Waals surface area contributed by atoms with Gasteiger partial charge in [0.1, 0.15) is 5.75 Å². The molecule has 0 radical (unpaired) electrons. The van der Waals surface area contributed by atoms with Crippen LogP contribution in [-0.2, 0) is 14.3 Å². The van der Waals surface area contributed by atoms with E-state index in [4.69, 9.17) is 16.3 Å². The van der Waals surface area contributed by atoms with E-state index in [1.54, 1.807) is 12.1 Å². The van der Waals surface area contributed by atoms with Crippen LogP contribution >= 0.6 is 11.6 Å². The van der Waals surface area contributed by atoms with Crippen LogP contribution in [-0.4, -0.2) is 29.6 Å². The predicted molar refractivity (Wildman–Crippen MR) is 171 cm³/mol. The van der Waals surface area contributed by atoms with Gasteiger partial charge in [-0.15, -0.1) is 0 Å². The minimum Gasteiger partial charge on any atom is -0.508 e. The highest BCUT2D eigenvalue weighted by atomic mass is 35.5. The summed E-state index contributed by atoms with van der Waals surface area (Å²) in [7, 11) is 0. The van der Waals surface area contributed by atoms with Crippen molar-refractivity contribution in [3.8, 4) is 5.75 Å². The number of rotatable bonds is 9. The van der Waals surface area contributed by atoms with Crippen LogP contribution in [0.4, 0.5) is 17.1 Å². The fourth-order valence-electron chi connectivity index (χ4n) is 7.03. The number of halogens is 1. The number of carbonyl (C=O) groups is 2. The molecule has 0 bridgehead atoms. The summed E-state index contributed by atoms with van der Waals surface area (Å²) >= 11 is 6.38. The van der Waals surface area contributed by atoms with Gasteiger partial charge in [-0.2, -0.15) is 0 Å². The fourth-order valence-corrected chi connectivity index (χ4v) is 7.25. The van der Waals surface area contributed by atoms with E-state index in [0.717, 1.165) is 42.6 Å². The molecule has 43 heavy (non-hydrogen) atoms. The second-order valence-electron chi connectivity index (χ2n) is 11.8. The topological polar surface area (TPSA) is 78.9 Å². The van der Waals surface area contributed by atoms with E-state index >= 15 is 0 Å². The Morgan fingerprint density at radius 1 is 1.00 bits per heavy atom. The molecular formula is C36H37ClN2O4. The molecule has 2 fully saturated rings. The highest BCUT2D eigenvalue weighted by Gasteiger charge is 2.56. The lowest BCUT2D eigenvalue weighted by Gasteiger charge is -2.30. The first kappa shape index (κ1) is 29.2. The maximum Gasteiger partial charge on any atom is 0.238 e. The van der Waals surface area contributed by atoms with Crippen molar-refractivity contribution in [1.82, 2.24) is 0 Å². The van der Waals surface area contributed by atoms with Crippen molar-refractivity contribution in [2.24, 2.45) is 17.8 Å². The highest BCUT2D eigenvalue weighted by molar-refractivity contribution is 6.32. The zero-order valence-corrected chi connectivity index (χ0v) is 25.3. The number of para-hydroxylation sites is 1. The Balaban J connectivity index is 1.16. The quantitative estimate of drug-likeness (QED) is 0.192. The van der Waals surface area contributed by atoms with Crippen LogP contribution in [0.25, 0.3) is 6.08 Å². The number of nitrogens with zero attached hydrogens (tertiary/aromatic N) is 1. The molecule has 4 atom stereocenters. The molecular weight excluding hydrogens is 560 g/mol. The Morgan fingerprint density at radius 2 is 1.74 bits per heavy atom. The van der Waals surface area contributed by atoms with Gasteiger partial charge in [-0.1, -0.05) is 60.4 Å². The van der Waals surface area contributed by atoms with E-state index in [9.17, 15) is 14.7 Å². The molecule has 3 aliphatic rings. The third kappa shape index (κ3) is 5.86. The van der Waals surface area contributed by atoms with Gasteiger partial charge in [0.15, 0.2) is 0 Å². The van der Waals surface area contributed by atoms with E-state index < -0.39 is 0 Å². The van der Waals surface area contributed by atoms with Crippen molar-refractivity contribution in [3.05, 3.63) is 100 Å². The molecule has 6 nitrogen and oxygen atoms in total. The molecule has 2 saturated heterocycles. The molecule has 2 N–H and O–H groups in total. The number of imide groups is 1. The van der Waals surface area contributed by atoms with Crippen LogP contribution < -0.4 is 10.2 Å². The SMILES string of the molecule is CCC/C(=C\c1ccc(O)cc1Cl)CC[C@H]1OC[C@H]2C1=C(C)C[C@H]1C(=O)N(c3ccc(Nc4ccccc4)cc3)C(=O)[C@H]12. The van der Waals surface area contributed by atoms with Gasteiger partial charge in [0.05, 0.1) is 35.3 Å². The van der Waals surface area contributed by atoms with Gasteiger partial charge in [-0.25, -0.2) is 0 Å². The molecule has 2 amide bonds. The van der Waals surface area contributed by atoms with Gasteiger partial charge >= 0.3 is 0 Å². The number of phenolic OH excluding ortho intramolecular Hbond substituents is 1. The summed E-state index contributed by atoms with van der Waals surface area (Å²) in [6, 6.07) is 22.4. The first-order valence-corrected chi connectivity index (χ1v) is 15.5. The average molecular weight is 597 g/mol. The van der Waals surface area contributed by atoms with E-state index in [1.807, 2.05) is 60.7 Å². The zero-order valence-electron chi connectivity index (χ0n) is 24.6. The molecule has 0 aromatic heterocycles. The molecule has 0 unspecified atom stereocenters. The summed E-state index contributed by atoms with van der Waals surface area (Å²) in [4.78, 5) is 28.9. The van der Waals surface area contributed by atoms with Crippen molar-refractivity contribution in [3.63, 3.8) is 0 Å². The second-order valence-corrected chi connectivity index (χ2v) is 12.3. The minimum atomic E-state index is -0.389. The van der Waals surface area contributed by atoms with E-state index in [-0.39, 0.29) is 41.4 Å². The Labute approximate surface area is 258 Å². The van der Waals surface area contributed by atoms with Crippen LogP contribution in [0.1, 0.15) is 51.5 Å². The number of fused-ring (bicyclic) bond motifs is 3. The van der Waals surface area contributed by atoms with E-state index in [2.05, 4.69) is 25.2 Å². The van der Waals surface area contributed by atoms with Gasteiger partial charge < -0.3 is 15.2 Å². The first-order chi connectivity index (χ1) is 20.8. The maximum atomic E-state index is 13.9. The second kappa shape index (κ2) is 12.4. The van der Waals surface area contributed by atoms with E-state index in [0.29, 0.717) is 23.7 Å². The normalized spacial score (nSPS) is 23.5. The molecule has 0 spiro atoms. The van der Waals surface area contributed by atoms with Crippen molar-refractivity contribution in [2.75, 3.05) is 16.8 Å². The summed E-state index contributed by atoms with van der Waals surface area (Å²) in [5, 5.41) is 13.6. The number of amides is 2. The monoisotopic (exact) mass is 596 g/mol. The van der Waals surface area contributed by atoms with Crippen LogP contribution in [0, 0.1) is 17.8 Å². The van der Waals surface area contributed by atoms with Crippen LogP contribution in [0.15, 0.2) is 89.5 Å². The van der Waals surface area contributed by atoms with Crippen molar-refractivity contribution < 1.29 is 19.4 Å². The third-order valence-corrected chi connectivity index (χ3v) is 9.31. The van der Waals surface area contributed by atoms with Gasteiger partial charge in [0.2, 0.25) is 11.8 Å². The van der Waals surface area contributed by atoms with Gasteiger partial charge in [0, 0.05) is 17.3 Å². The van der Waals surface area contributed by atoms with Crippen LogP contribution in [0.5, 0.6) is 5.75 Å². The number of benzene rings is 3. The predicted octanol–water partition coefficient (Wildman–Crippen LogP) is 8.29. The Hall–Kier alpha value is -3.87. The number of phenols is 1. The number of allylic oxidation sites excluding steroid dienone is 2. The molecule has 0 saturated carbocycles. The van der Waals surface area contributed by atoms with Crippen LogP contribution in [0.2, 0.25) is 5.02 Å². The van der Waals surface area contributed by atoms with Gasteiger partial charge in [-0.3, -0.25) is 14.5 Å². The number of hydrogen-bond donors (Lipinski definition) is 2. The van der Waals surface area contributed by atoms with E-state index in [1.165, 1.54) is 21.6 Å². The van der Waals surface area contributed by atoms with Crippen molar-refractivity contribution in [1.29, 1.82) is 0 Å². The number of aromatic hydroxyl groups is 1. The Kier molecular flexibility index (Phi) is 8.42. The lowest BCUT2D eigenvalue weighted by Crippen LogP contribution is -2.34. The number of nitrogens with one attached hydrogen (secondary N) is 1. The number of ether oxygens (including phenoxy) is 1. The minimum absolute atomic E-state index is 0.0678. The largest absolute Gasteiger partial charge is 0.508 e. The summed E-state index contributed by atoms with van der Waals surface area (Å²) in [6.07, 6.45) is 6.25. The summed E-state index contributed by atoms with van der Waals surface area (Å²) in [5.74, 6) is -0.892. The molecule has 222 valence electrons. The molecule has 2 aliphatic heterocycles. The highest BCUT2D eigenvalue weighted by Crippen LogP contribution is 2.50. The average Bonchev–Trinajstić information content (AvgIpc) is 3.53. The Morgan fingerprint density at radius 3 is 2.47 bits per heavy atom. The van der Waals surface area contributed by atoms with Crippen LogP contribution in [0.3, 0.4) is 0 Å². The third-order valence-electron chi connectivity index (χ3n) is 8.98. The lowest BCUT2D eigenvalue weighted by molar-refractivity contribution is -0.122. The molecule has 2 heterocycles. The molecule has 1 aliphatic carbocycles. The first-order valence-electron chi connectivity index (χ1n) is 15.1. The van der Waals surface area contributed by atoms with Gasteiger partial charge in [-0.05, 0) is 98.3 Å². The number of carbonyl (C=O) groups excluding carboxylic acids is 2. The Bertz CT molecular complexity index is 1580. The van der Waals surface area contributed by atoms with Crippen molar-refractivity contribution >= 4 is 46.6 Å². The molecule has 7 heteroatoms. The zero-order chi connectivity index (χ0) is 30.1. The number of hydrogen-bond acceptors (Lipinski definition) is 5. The standard InChI is InChI=1S/C36H37ClN2O4/c1-3-7-23(19-24-11-16-28(40)20-31(24)37)10-17-32-33-22(2)18-29-34(30(33)21-43-32)36(42)39(35(29)41)27-14-12-26(13-15-27)38-25-8-5-4-6-9-25/h4-6,8-9,11-16,19-20,29-30,32,34,38,40H,3,7,10,17-18,21H2,1-2H3/b23-19+/t29-,30+,32-,34-/m1/s1. The van der Waals surface area contributed by atoms with Gasteiger partial charge in [0.25, 0.3) is 0 Å². The maximum absolute atomic E-state index is 13.9. The summed E-state index contributed by atoms with van der Waals surface area (Å²) in [5.41, 5.74) is 7.04.